The number of anilines is 1. The molecule has 0 aliphatic rings. The van der Waals surface area contributed by atoms with E-state index in [1.54, 1.807) is 12.1 Å². The van der Waals surface area contributed by atoms with Crippen molar-refractivity contribution in [2.75, 3.05) is 5.73 Å². The summed E-state index contributed by atoms with van der Waals surface area (Å²) in [6, 6.07) is 9.97. The highest BCUT2D eigenvalue weighted by molar-refractivity contribution is 6.31. The SMILES string of the molecule is Nc1ccc(Cl)cc1C(=O)c1ccc(F)cc1. The van der Waals surface area contributed by atoms with Gasteiger partial charge in [0.05, 0.1) is 0 Å². The maximum atomic E-state index is 12.7. The molecule has 0 atom stereocenters. The summed E-state index contributed by atoms with van der Waals surface area (Å²) in [5, 5.41) is 0.435. The van der Waals surface area contributed by atoms with Crippen molar-refractivity contribution in [1.82, 2.24) is 0 Å². The zero-order valence-corrected chi connectivity index (χ0v) is 9.54. The van der Waals surface area contributed by atoms with Crippen molar-refractivity contribution in [2.45, 2.75) is 0 Å². The topological polar surface area (TPSA) is 43.1 Å². The van der Waals surface area contributed by atoms with E-state index in [1.807, 2.05) is 0 Å². The van der Waals surface area contributed by atoms with Gasteiger partial charge in [-0.25, -0.2) is 4.39 Å². The van der Waals surface area contributed by atoms with E-state index in [-0.39, 0.29) is 11.6 Å². The lowest BCUT2D eigenvalue weighted by Gasteiger charge is -2.05. The van der Waals surface area contributed by atoms with Crippen molar-refractivity contribution in [2.24, 2.45) is 0 Å². The molecule has 2 aromatic rings. The molecule has 2 rings (SSSR count). The number of rotatable bonds is 2. The second kappa shape index (κ2) is 4.55. The molecule has 2 nitrogen and oxygen atoms in total. The number of hydrogen-bond donors (Lipinski definition) is 1. The number of nitrogens with two attached hydrogens (primary N) is 1. The molecule has 0 aliphatic heterocycles. The molecule has 17 heavy (non-hydrogen) atoms. The number of halogens is 2. The van der Waals surface area contributed by atoms with E-state index in [4.69, 9.17) is 17.3 Å². The van der Waals surface area contributed by atoms with Crippen molar-refractivity contribution in [3.05, 3.63) is 64.4 Å². The van der Waals surface area contributed by atoms with Gasteiger partial charge in [-0.05, 0) is 42.5 Å². The molecule has 0 aromatic heterocycles. The zero-order chi connectivity index (χ0) is 12.4. The van der Waals surface area contributed by atoms with Crippen molar-refractivity contribution in [3.63, 3.8) is 0 Å². The van der Waals surface area contributed by atoms with E-state index in [0.29, 0.717) is 21.8 Å². The third-order valence-electron chi connectivity index (χ3n) is 2.37. The van der Waals surface area contributed by atoms with Gasteiger partial charge in [-0.1, -0.05) is 11.6 Å². The molecule has 4 heteroatoms. The summed E-state index contributed by atoms with van der Waals surface area (Å²) in [6.45, 7) is 0. The first kappa shape index (κ1) is 11.6. The van der Waals surface area contributed by atoms with E-state index in [0.717, 1.165) is 0 Å². The first-order valence-corrected chi connectivity index (χ1v) is 5.31. The van der Waals surface area contributed by atoms with Gasteiger partial charge in [0.25, 0.3) is 0 Å². The van der Waals surface area contributed by atoms with E-state index in [1.165, 1.54) is 30.3 Å². The zero-order valence-electron chi connectivity index (χ0n) is 8.78. The van der Waals surface area contributed by atoms with Crippen LogP contribution in [0, 0.1) is 5.82 Å². The van der Waals surface area contributed by atoms with Crippen molar-refractivity contribution in [1.29, 1.82) is 0 Å². The van der Waals surface area contributed by atoms with Crippen LogP contribution in [0.2, 0.25) is 5.02 Å². The van der Waals surface area contributed by atoms with Gasteiger partial charge >= 0.3 is 0 Å². The average Bonchev–Trinajstić information content (AvgIpc) is 2.32. The molecule has 0 unspecified atom stereocenters. The van der Waals surface area contributed by atoms with Crippen molar-refractivity contribution < 1.29 is 9.18 Å². The number of carbonyl (C=O) groups excluding carboxylic acids is 1. The lowest BCUT2D eigenvalue weighted by Crippen LogP contribution is -2.05. The second-order valence-electron chi connectivity index (χ2n) is 3.57. The van der Waals surface area contributed by atoms with Crippen LogP contribution in [0.15, 0.2) is 42.5 Å². The Labute approximate surface area is 103 Å². The monoisotopic (exact) mass is 249 g/mol. The summed E-state index contributed by atoms with van der Waals surface area (Å²) in [7, 11) is 0. The Morgan fingerprint density at radius 1 is 1.12 bits per heavy atom. The lowest BCUT2D eigenvalue weighted by molar-refractivity contribution is 0.103. The minimum absolute atomic E-state index is 0.273. The Bertz CT molecular complexity index is 566. The molecule has 0 aliphatic carbocycles. The van der Waals surface area contributed by atoms with Gasteiger partial charge in [0.2, 0.25) is 0 Å². The van der Waals surface area contributed by atoms with Gasteiger partial charge in [0, 0.05) is 21.8 Å². The highest BCUT2D eigenvalue weighted by Gasteiger charge is 2.12. The maximum absolute atomic E-state index is 12.7. The molecule has 0 spiro atoms. The predicted octanol–water partition coefficient (Wildman–Crippen LogP) is 3.29. The fourth-order valence-electron chi connectivity index (χ4n) is 1.48. The third kappa shape index (κ3) is 2.45. The predicted molar refractivity (Wildman–Crippen MR) is 65.7 cm³/mol. The van der Waals surface area contributed by atoms with Crippen LogP contribution < -0.4 is 5.73 Å². The Morgan fingerprint density at radius 3 is 2.41 bits per heavy atom. The first-order chi connectivity index (χ1) is 8.08. The van der Waals surface area contributed by atoms with Gasteiger partial charge in [0.1, 0.15) is 5.82 Å². The quantitative estimate of drug-likeness (QED) is 0.656. The summed E-state index contributed by atoms with van der Waals surface area (Å²) in [4.78, 5) is 12.1. The average molecular weight is 250 g/mol. The van der Waals surface area contributed by atoms with Crippen LogP contribution in [0.4, 0.5) is 10.1 Å². The molecule has 0 heterocycles. The summed E-state index contributed by atoms with van der Waals surface area (Å²) in [5.74, 6) is -0.661. The number of carbonyl (C=O) groups is 1. The third-order valence-corrected chi connectivity index (χ3v) is 2.60. The highest BCUT2D eigenvalue weighted by Crippen LogP contribution is 2.21. The van der Waals surface area contributed by atoms with Crippen LogP contribution in [0.3, 0.4) is 0 Å². The van der Waals surface area contributed by atoms with Gasteiger partial charge in [-0.2, -0.15) is 0 Å². The normalized spacial score (nSPS) is 10.2. The fourth-order valence-corrected chi connectivity index (χ4v) is 1.65. The molecule has 2 aromatic carbocycles. The van der Waals surface area contributed by atoms with Crippen LogP contribution in [0.5, 0.6) is 0 Å². The summed E-state index contributed by atoms with van der Waals surface area (Å²) in [6.07, 6.45) is 0. The van der Waals surface area contributed by atoms with Gasteiger partial charge in [-0.15, -0.1) is 0 Å². The molecule has 86 valence electrons. The van der Waals surface area contributed by atoms with Crippen LogP contribution in [-0.2, 0) is 0 Å². The van der Waals surface area contributed by atoms with Crippen LogP contribution in [0.1, 0.15) is 15.9 Å². The molecular weight excluding hydrogens is 241 g/mol. The summed E-state index contributed by atoms with van der Waals surface area (Å²) < 4.78 is 12.7. The Hall–Kier alpha value is -1.87. The van der Waals surface area contributed by atoms with E-state index in [2.05, 4.69) is 0 Å². The number of benzene rings is 2. The molecule has 0 radical (unpaired) electrons. The van der Waals surface area contributed by atoms with Crippen LogP contribution in [0.25, 0.3) is 0 Å². The molecule has 0 saturated carbocycles. The van der Waals surface area contributed by atoms with Gasteiger partial charge < -0.3 is 5.73 Å². The van der Waals surface area contributed by atoms with E-state index in [9.17, 15) is 9.18 Å². The maximum Gasteiger partial charge on any atom is 0.195 e. The largest absolute Gasteiger partial charge is 0.398 e. The molecular formula is C13H9ClFNO. The smallest absolute Gasteiger partial charge is 0.195 e. The van der Waals surface area contributed by atoms with E-state index < -0.39 is 0 Å². The Morgan fingerprint density at radius 2 is 1.76 bits per heavy atom. The molecule has 0 amide bonds. The number of nitrogen functional groups attached to an aromatic ring is 1. The van der Waals surface area contributed by atoms with Crippen LogP contribution >= 0.6 is 11.6 Å². The molecule has 0 bridgehead atoms. The summed E-state index contributed by atoms with van der Waals surface area (Å²) in [5.41, 5.74) is 6.75. The Balaban J connectivity index is 2.43. The first-order valence-electron chi connectivity index (χ1n) is 4.93. The van der Waals surface area contributed by atoms with Gasteiger partial charge in [0.15, 0.2) is 5.78 Å². The van der Waals surface area contributed by atoms with Gasteiger partial charge in [-0.3, -0.25) is 4.79 Å². The second-order valence-corrected chi connectivity index (χ2v) is 4.00. The minimum Gasteiger partial charge on any atom is -0.398 e. The number of ketones is 1. The van der Waals surface area contributed by atoms with E-state index >= 15 is 0 Å². The highest BCUT2D eigenvalue weighted by atomic mass is 35.5. The standard InChI is InChI=1S/C13H9ClFNO/c14-9-3-6-12(16)11(7-9)13(17)8-1-4-10(15)5-2-8/h1-7H,16H2. The lowest BCUT2D eigenvalue weighted by atomic mass is 10.0. The van der Waals surface area contributed by atoms with Crippen LogP contribution in [-0.4, -0.2) is 5.78 Å². The summed E-state index contributed by atoms with van der Waals surface area (Å²) >= 11 is 5.81. The molecule has 0 fully saturated rings. The molecule has 2 N–H and O–H groups in total. The minimum atomic E-state index is -0.388. The van der Waals surface area contributed by atoms with Crippen molar-refractivity contribution in [3.8, 4) is 0 Å². The van der Waals surface area contributed by atoms with Crippen molar-refractivity contribution >= 4 is 23.1 Å². The Kier molecular flexibility index (Phi) is 3.11. The number of hydrogen-bond acceptors (Lipinski definition) is 2. The fraction of sp³-hybridized carbons (Fsp3) is 0. The molecule has 0 saturated heterocycles.